The largest absolute Gasteiger partial charge is 0.465 e. The molecule has 284 valence electrons. The molecule has 5 nitrogen and oxygen atoms in total. The number of rotatable bonds is 7. The summed E-state index contributed by atoms with van der Waals surface area (Å²) in [4.78, 5) is 26.4. The second kappa shape index (κ2) is 12.7. The quantitative estimate of drug-likeness (QED) is 0.225. The van der Waals surface area contributed by atoms with Gasteiger partial charge in [0.2, 0.25) is 0 Å². The van der Waals surface area contributed by atoms with Crippen LogP contribution in [-0.4, -0.2) is 30.7 Å². The fourth-order valence-corrected chi connectivity index (χ4v) is 14.6. The number of carbonyl (C=O) groups excluding carboxylic acids is 2. The van der Waals surface area contributed by atoms with Gasteiger partial charge >= 0.3 is 11.9 Å². The lowest BCUT2D eigenvalue weighted by Gasteiger charge is -2.75. The summed E-state index contributed by atoms with van der Waals surface area (Å²) in [5, 5.41) is 0. The number of benzene rings is 1. The van der Waals surface area contributed by atoms with E-state index in [0.29, 0.717) is 48.7 Å². The van der Waals surface area contributed by atoms with Crippen molar-refractivity contribution >= 4 is 11.9 Å². The van der Waals surface area contributed by atoms with Crippen molar-refractivity contribution in [3.8, 4) is 0 Å². The first kappa shape index (κ1) is 37.6. The summed E-state index contributed by atoms with van der Waals surface area (Å²) < 4.78 is 11.4. The van der Waals surface area contributed by atoms with Gasteiger partial charge in [-0.15, -0.1) is 0 Å². The van der Waals surface area contributed by atoms with Crippen LogP contribution in [-0.2, 0) is 14.3 Å². The van der Waals surface area contributed by atoms with Crippen LogP contribution in [0.4, 0.5) is 0 Å². The van der Waals surface area contributed by atoms with Gasteiger partial charge in [-0.1, -0.05) is 84.0 Å². The van der Waals surface area contributed by atoms with Crippen molar-refractivity contribution in [3.63, 3.8) is 0 Å². The van der Waals surface area contributed by atoms with Crippen LogP contribution in [0.5, 0.6) is 0 Å². The molecule has 52 heavy (non-hydrogen) atoms. The maximum absolute atomic E-state index is 13.5. The van der Waals surface area contributed by atoms with Crippen molar-refractivity contribution in [2.75, 3.05) is 13.2 Å². The lowest BCUT2D eigenvalue weighted by molar-refractivity contribution is -0.255. The van der Waals surface area contributed by atoms with E-state index >= 15 is 0 Å². The Labute approximate surface area is 314 Å². The molecule has 7 rings (SSSR count). The Bertz CT molecular complexity index is 1670. The van der Waals surface area contributed by atoms with Crippen molar-refractivity contribution in [3.05, 3.63) is 71.3 Å². The molecule has 0 spiro atoms. The minimum atomic E-state index is -0.863. The van der Waals surface area contributed by atoms with E-state index in [-0.39, 0.29) is 45.2 Å². The summed E-state index contributed by atoms with van der Waals surface area (Å²) in [6, 6.07) is 9.02. The molecule has 6 aliphatic carbocycles. The molecule has 4 saturated carbocycles. The third-order valence-electron chi connectivity index (χ3n) is 17.6. The second-order valence-electron chi connectivity index (χ2n) is 20.0. The Morgan fingerprint density at radius 3 is 2.17 bits per heavy atom. The normalized spacial score (nSPS) is 43.4. The molecule has 6 aliphatic rings. The highest BCUT2D eigenvalue weighted by Crippen LogP contribution is 2.79. The van der Waals surface area contributed by atoms with Gasteiger partial charge in [0.05, 0.1) is 12.2 Å². The first-order chi connectivity index (χ1) is 24.4. The van der Waals surface area contributed by atoms with Crippen molar-refractivity contribution in [2.45, 2.75) is 138 Å². The van der Waals surface area contributed by atoms with E-state index in [4.69, 9.17) is 15.2 Å². The second-order valence-corrected chi connectivity index (χ2v) is 20.0. The molecular formula is C47H67NO4. The smallest absolute Gasteiger partial charge is 0.338 e. The Kier molecular flexibility index (Phi) is 9.20. The SMILES string of the molecule is C=C(C)[C@@H]1CCC2(N)CC[C@]3(C)C(C)(CC[C@@H]4[C@@]5(C)CC=C(C6=CC[C@](COC(=O)c7ccccc7)(C(=O)OCC)CC6)C(C)(C)[C@@H]5CC[C@]43C)[C@@H]12. The zero-order valence-corrected chi connectivity index (χ0v) is 33.7. The highest BCUT2D eigenvalue weighted by Gasteiger charge is 2.73. The van der Waals surface area contributed by atoms with Gasteiger partial charge in [-0.2, -0.15) is 0 Å². The molecule has 4 fully saturated rings. The van der Waals surface area contributed by atoms with Gasteiger partial charge in [0, 0.05) is 5.54 Å². The van der Waals surface area contributed by atoms with Gasteiger partial charge < -0.3 is 15.2 Å². The van der Waals surface area contributed by atoms with Crippen molar-refractivity contribution in [1.29, 1.82) is 0 Å². The first-order valence-electron chi connectivity index (χ1n) is 20.7. The highest BCUT2D eigenvalue weighted by atomic mass is 16.6. The summed E-state index contributed by atoms with van der Waals surface area (Å²) in [5.41, 5.74) is 12.1. The van der Waals surface area contributed by atoms with E-state index in [1.165, 1.54) is 55.2 Å². The first-order valence-corrected chi connectivity index (χ1v) is 20.7. The molecule has 1 aromatic rings. The van der Waals surface area contributed by atoms with Crippen LogP contribution >= 0.6 is 0 Å². The maximum Gasteiger partial charge on any atom is 0.338 e. The average molecular weight is 710 g/mol. The summed E-state index contributed by atoms with van der Waals surface area (Å²) >= 11 is 0. The van der Waals surface area contributed by atoms with E-state index in [0.717, 1.165) is 25.7 Å². The van der Waals surface area contributed by atoms with E-state index in [9.17, 15) is 9.59 Å². The molecule has 1 aromatic carbocycles. The molecule has 0 radical (unpaired) electrons. The third-order valence-corrected chi connectivity index (χ3v) is 17.6. The van der Waals surface area contributed by atoms with Gasteiger partial charge in [-0.25, -0.2) is 4.79 Å². The topological polar surface area (TPSA) is 78.6 Å². The van der Waals surface area contributed by atoms with Crippen LogP contribution in [0.25, 0.3) is 0 Å². The molecule has 0 heterocycles. The molecule has 10 atom stereocenters. The number of nitrogens with two attached hydrogens (primary N) is 1. The lowest BCUT2D eigenvalue weighted by Crippen LogP contribution is -2.71. The van der Waals surface area contributed by atoms with Gasteiger partial charge in [-0.3, -0.25) is 4.79 Å². The molecular weight excluding hydrogens is 643 g/mol. The van der Waals surface area contributed by atoms with Gasteiger partial charge in [0.25, 0.3) is 0 Å². The number of ether oxygens (including phenoxy) is 2. The summed E-state index contributed by atoms with van der Waals surface area (Å²) in [5.74, 6) is 1.66. The van der Waals surface area contributed by atoms with Gasteiger partial charge in [0.15, 0.2) is 0 Å². The molecule has 5 heteroatoms. The summed E-state index contributed by atoms with van der Waals surface area (Å²) in [7, 11) is 0. The van der Waals surface area contributed by atoms with Crippen LogP contribution in [0.1, 0.15) is 143 Å². The number of hydrogen-bond donors (Lipinski definition) is 1. The predicted octanol–water partition coefficient (Wildman–Crippen LogP) is 10.8. The summed E-state index contributed by atoms with van der Waals surface area (Å²) in [6.07, 6.45) is 17.8. The van der Waals surface area contributed by atoms with Gasteiger partial charge in [-0.05, 0) is 165 Å². The van der Waals surface area contributed by atoms with Crippen LogP contribution in [0.15, 0.2) is 65.8 Å². The molecule has 0 aliphatic heterocycles. The minimum Gasteiger partial charge on any atom is -0.465 e. The van der Waals surface area contributed by atoms with E-state index in [1.807, 2.05) is 25.1 Å². The fourth-order valence-electron chi connectivity index (χ4n) is 14.6. The maximum atomic E-state index is 13.5. The molecule has 0 bridgehead atoms. The zero-order chi connectivity index (χ0) is 37.5. The molecule has 2 N–H and O–H groups in total. The van der Waals surface area contributed by atoms with Crippen LogP contribution in [0.3, 0.4) is 0 Å². The zero-order valence-electron chi connectivity index (χ0n) is 33.7. The Balaban J connectivity index is 1.15. The van der Waals surface area contributed by atoms with Crippen LogP contribution < -0.4 is 5.73 Å². The minimum absolute atomic E-state index is 0.0149. The lowest BCUT2D eigenvalue weighted by atomic mass is 9.29. The van der Waals surface area contributed by atoms with Crippen molar-refractivity contribution < 1.29 is 19.1 Å². The number of allylic oxidation sites excluding steroid dienone is 5. The number of hydrogen-bond acceptors (Lipinski definition) is 5. The van der Waals surface area contributed by atoms with Crippen LogP contribution in [0.2, 0.25) is 0 Å². The fraction of sp³-hybridized carbons (Fsp3) is 0.702. The van der Waals surface area contributed by atoms with Crippen molar-refractivity contribution in [2.24, 2.45) is 61.9 Å². The molecule has 0 aromatic heterocycles. The molecule has 2 unspecified atom stereocenters. The molecule has 0 saturated heterocycles. The van der Waals surface area contributed by atoms with E-state index in [1.54, 1.807) is 12.1 Å². The van der Waals surface area contributed by atoms with Crippen molar-refractivity contribution in [1.82, 2.24) is 0 Å². The average Bonchev–Trinajstić information content (AvgIpc) is 3.48. The highest BCUT2D eigenvalue weighted by molar-refractivity contribution is 5.89. The standard InChI is InChI=1S/C47H67NO4/c1-10-51-40(50)46(30-52-39(49)33-14-12-11-13-15-33)25-16-32(17-26-46)35-19-22-42(6)36(41(35,4)5)20-23-43(7)37(42)21-24-44(8)38-34(31(2)3)18-27-47(38,48)29-28-45(43,44)9/h11-16,19,34,36-38H,2,10,17-18,20-30,48H2,1,3-9H3/t34-,36-,37+,38+,42-,43+,44?,45-,46-,47?/m0/s1. The predicted molar refractivity (Wildman–Crippen MR) is 209 cm³/mol. The Morgan fingerprint density at radius 1 is 0.827 bits per heavy atom. The number of fused-ring (bicyclic) bond motifs is 7. The molecule has 0 amide bonds. The monoisotopic (exact) mass is 710 g/mol. The Morgan fingerprint density at radius 2 is 1.52 bits per heavy atom. The van der Waals surface area contributed by atoms with Crippen LogP contribution in [0, 0.1) is 56.2 Å². The van der Waals surface area contributed by atoms with Gasteiger partial charge in [0.1, 0.15) is 12.0 Å². The number of carbonyl (C=O) groups is 2. The number of esters is 2. The van der Waals surface area contributed by atoms with E-state index in [2.05, 4.69) is 67.2 Å². The summed E-state index contributed by atoms with van der Waals surface area (Å²) in [6.45, 7) is 24.7. The van der Waals surface area contributed by atoms with E-state index < -0.39 is 11.4 Å². The Hall–Kier alpha value is -2.66. The third kappa shape index (κ3) is 5.24.